The zero-order valence-electron chi connectivity index (χ0n) is 24.0. The Morgan fingerprint density at radius 2 is 1.67 bits per heavy atom. The fourth-order valence-corrected chi connectivity index (χ4v) is 6.26. The van der Waals surface area contributed by atoms with E-state index >= 15 is 0 Å². The molecule has 222 valence electrons. The molecule has 0 unspecified atom stereocenters. The number of benzene rings is 3. The molecular weight excluding hydrogens is 598 g/mol. The monoisotopic (exact) mass is 635 g/mol. The van der Waals surface area contributed by atoms with E-state index in [4.69, 9.17) is 9.47 Å². The molecular formula is C33H38BrN3O5. The van der Waals surface area contributed by atoms with E-state index < -0.39 is 5.97 Å². The number of carboxylic acids is 1. The van der Waals surface area contributed by atoms with Crippen LogP contribution >= 0.6 is 15.9 Å². The van der Waals surface area contributed by atoms with Crippen LogP contribution in [0.25, 0.3) is 0 Å². The number of carbonyl (C=O) groups excluding carboxylic acids is 1. The van der Waals surface area contributed by atoms with Crippen LogP contribution in [0.1, 0.15) is 67.3 Å². The molecule has 1 heterocycles. The van der Waals surface area contributed by atoms with E-state index in [2.05, 4.69) is 32.3 Å². The van der Waals surface area contributed by atoms with E-state index in [0.717, 1.165) is 61.6 Å². The van der Waals surface area contributed by atoms with E-state index in [1.165, 1.54) is 38.9 Å². The summed E-state index contributed by atoms with van der Waals surface area (Å²) in [7, 11) is 1.42. The van der Waals surface area contributed by atoms with Crippen molar-refractivity contribution < 1.29 is 24.2 Å². The number of ether oxygens (including phenoxy) is 2. The molecule has 3 aromatic rings. The van der Waals surface area contributed by atoms with Crippen molar-refractivity contribution in [3.05, 3.63) is 76.3 Å². The number of aromatic carboxylic acids is 1. The number of rotatable bonds is 10. The fourth-order valence-electron chi connectivity index (χ4n) is 5.77. The minimum atomic E-state index is -1.10. The van der Waals surface area contributed by atoms with Gasteiger partial charge in [0.05, 0.1) is 36.7 Å². The van der Waals surface area contributed by atoms with Crippen molar-refractivity contribution in [3.63, 3.8) is 0 Å². The van der Waals surface area contributed by atoms with Crippen LogP contribution < -0.4 is 24.8 Å². The predicted octanol–water partition coefficient (Wildman–Crippen LogP) is 7.27. The third-order valence-electron chi connectivity index (χ3n) is 7.96. The molecule has 1 aliphatic carbocycles. The SMILES string of the molecule is COc1cc(CC(=O)NN(c2ccc(OC3CCCCC3)cc2)c2ccccc2N2CCCCC2)c(Br)cc1C(=O)O. The van der Waals surface area contributed by atoms with E-state index in [1.54, 1.807) is 6.07 Å². The topological polar surface area (TPSA) is 91.3 Å². The number of hydrogen-bond acceptors (Lipinski definition) is 6. The van der Waals surface area contributed by atoms with Gasteiger partial charge in [0, 0.05) is 17.6 Å². The summed E-state index contributed by atoms with van der Waals surface area (Å²) in [6.45, 7) is 1.94. The second-order valence-corrected chi connectivity index (χ2v) is 11.8. The van der Waals surface area contributed by atoms with Gasteiger partial charge in [-0.3, -0.25) is 15.2 Å². The maximum atomic E-state index is 13.6. The van der Waals surface area contributed by atoms with Gasteiger partial charge in [-0.25, -0.2) is 4.79 Å². The molecule has 1 amide bonds. The van der Waals surface area contributed by atoms with Crippen LogP contribution in [0.4, 0.5) is 17.1 Å². The molecule has 2 aliphatic rings. The largest absolute Gasteiger partial charge is 0.496 e. The Morgan fingerprint density at radius 1 is 0.976 bits per heavy atom. The molecule has 2 N–H and O–H groups in total. The highest BCUT2D eigenvalue weighted by atomic mass is 79.9. The summed E-state index contributed by atoms with van der Waals surface area (Å²) < 4.78 is 12.1. The molecule has 5 rings (SSSR count). The second-order valence-electron chi connectivity index (χ2n) is 10.9. The first kappa shape index (κ1) is 29.8. The number of anilines is 3. The summed E-state index contributed by atoms with van der Waals surface area (Å²) in [6, 6.07) is 19.1. The van der Waals surface area contributed by atoms with E-state index in [1.807, 2.05) is 47.5 Å². The number of piperidine rings is 1. The van der Waals surface area contributed by atoms with E-state index in [0.29, 0.717) is 10.0 Å². The van der Waals surface area contributed by atoms with Gasteiger partial charge in [-0.15, -0.1) is 0 Å². The van der Waals surface area contributed by atoms with Crippen LogP contribution in [0.3, 0.4) is 0 Å². The molecule has 3 aromatic carbocycles. The van der Waals surface area contributed by atoms with Gasteiger partial charge >= 0.3 is 5.97 Å². The van der Waals surface area contributed by atoms with Crippen molar-refractivity contribution in [2.45, 2.75) is 63.9 Å². The zero-order valence-corrected chi connectivity index (χ0v) is 25.6. The van der Waals surface area contributed by atoms with Crippen molar-refractivity contribution in [2.24, 2.45) is 0 Å². The highest BCUT2D eigenvalue weighted by Crippen LogP contribution is 2.36. The minimum absolute atomic E-state index is 0.0160. The standard InChI is InChI=1S/C33H38BrN3O5/c1-41-31-20-23(28(34)22-27(31)33(39)40)21-32(38)35-37(30-13-7-6-12-29(30)36-18-8-3-9-19-36)24-14-16-26(17-15-24)42-25-10-4-2-5-11-25/h6-7,12-17,20,22,25H,2-5,8-11,18-19,21H2,1H3,(H,35,38)(H,39,40). The van der Waals surface area contributed by atoms with Gasteiger partial charge in [-0.05, 0) is 99.0 Å². The minimum Gasteiger partial charge on any atom is -0.496 e. The van der Waals surface area contributed by atoms with Gasteiger partial charge in [0.15, 0.2) is 0 Å². The van der Waals surface area contributed by atoms with Gasteiger partial charge < -0.3 is 19.5 Å². The van der Waals surface area contributed by atoms with Crippen molar-refractivity contribution in [1.82, 2.24) is 5.43 Å². The Labute approximate surface area is 255 Å². The molecule has 2 fully saturated rings. The summed E-state index contributed by atoms with van der Waals surface area (Å²) in [4.78, 5) is 27.6. The fraction of sp³-hybridized carbons (Fsp3) is 0.394. The summed E-state index contributed by atoms with van der Waals surface area (Å²) in [5, 5.41) is 11.4. The number of hydrogen-bond donors (Lipinski definition) is 2. The van der Waals surface area contributed by atoms with Gasteiger partial charge in [-0.2, -0.15) is 0 Å². The summed E-state index contributed by atoms with van der Waals surface area (Å²) in [5.41, 5.74) is 6.53. The van der Waals surface area contributed by atoms with Crippen LogP contribution in [0.2, 0.25) is 0 Å². The average Bonchev–Trinajstić information content (AvgIpc) is 3.02. The zero-order chi connectivity index (χ0) is 29.5. The summed E-state index contributed by atoms with van der Waals surface area (Å²) in [5.74, 6) is -0.318. The Hall–Kier alpha value is -3.72. The number of halogens is 1. The van der Waals surface area contributed by atoms with Crippen LogP contribution in [0, 0.1) is 0 Å². The van der Waals surface area contributed by atoms with Gasteiger partial charge in [0.1, 0.15) is 17.1 Å². The van der Waals surface area contributed by atoms with Crippen molar-refractivity contribution in [2.75, 3.05) is 30.1 Å². The molecule has 42 heavy (non-hydrogen) atoms. The maximum absolute atomic E-state index is 13.6. The highest BCUT2D eigenvalue weighted by molar-refractivity contribution is 9.10. The first-order chi connectivity index (χ1) is 20.4. The third-order valence-corrected chi connectivity index (χ3v) is 8.69. The van der Waals surface area contributed by atoms with Gasteiger partial charge in [0.25, 0.3) is 0 Å². The number of nitrogens with zero attached hydrogens (tertiary/aromatic N) is 2. The lowest BCUT2D eigenvalue weighted by atomic mass is 9.98. The number of para-hydroxylation sites is 2. The Balaban J connectivity index is 1.43. The van der Waals surface area contributed by atoms with Gasteiger partial charge in [0.2, 0.25) is 5.91 Å². The quantitative estimate of drug-likeness (QED) is 0.226. The number of nitrogens with one attached hydrogen (secondary N) is 1. The van der Waals surface area contributed by atoms with Crippen LogP contribution in [0.5, 0.6) is 11.5 Å². The molecule has 0 radical (unpaired) electrons. The lowest BCUT2D eigenvalue weighted by Gasteiger charge is -2.34. The molecule has 1 saturated carbocycles. The molecule has 1 aliphatic heterocycles. The van der Waals surface area contributed by atoms with Crippen molar-refractivity contribution in [1.29, 1.82) is 0 Å². The van der Waals surface area contributed by atoms with E-state index in [9.17, 15) is 14.7 Å². The Kier molecular flexibility index (Phi) is 9.89. The molecule has 0 atom stereocenters. The number of amides is 1. The first-order valence-corrected chi connectivity index (χ1v) is 15.5. The lowest BCUT2D eigenvalue weighted by Crippen LogP contribution is -2.41. The van der Waals surface area contributed by atoms with Crippen molar-refractivity contribution >= 4 is 44.9 Å². The number of hydrazine groups is 1. The highest BCUT2D eigenvalue weighted by Gasteiger charge is 2.23. The summed E-state index contributed by atoms with van der Waals surface area (Å²) >= 11 is 3.44. The normalized spacial score (nSPS) is 15.6. The van der Waals surface area contributed by atoms with Crippen LogP contribution in [-0.4, -0.2) is 43.3 Å². The smallest absolute Gasteiger partial charge is 0.339 e. The summed E-state index contributed by atoms with van der Waals surface area (Å²) in [6.07, 6.45) is 9.62. The average molecular weight is 637 g/mol. The molecule has 0 aromatic heterocycles. The van der Waals surface area contributed by atoms with Crippen LogP contribution in [0.15, 0.2) is 65.1 Å². The maximum Gasteiger partial charge on any atom is 0.339 e. The van der Waals surface area contributed by atoms with Gasteiger partial charge in [-0.1, -0.05) is 34.5 Å². The number of carbonyl (C=O) groups is 2. The Bertz CT molecular complexity index is 1380. The molecule has 1 saturated heterocycles. The molecule has 0 bridgehead atoms. The lowest BCUT2D eigenvalue weighted by molar-refractivity contribution is -0.120. The van der Waals surface area contributed by atoms with Crippen molar-refractivity contribution in [3.8, 4) is 11.5 Å². The predicted molar refractivity (Wildman–Crippen MR) is 168 cm³/mol. The second kappa shape index (κ2) is 14.0. The molecule has 8 nitrogen and oxygen atoms in total. The third kappa shape index (κ3) is 7.18. The molecule has 9 heteroatoms. The first-order valence-electron chi connectivity index (χ1n) is 14.7. The number of methoxy groups -OCH3 is 1. The van der Waals surface area contributed by atoms with Crippen LogP contribution in [-0.2, 0) is 11.2 Å². The number of carboxylic acid groups (broad SMARTS) is 1. The molecule has 0 spiro atoms. The van der Waals surface area contributed by atoms with E-state index in [-0.39, 0.29) is 29.7 Å². The Morgan fingerprint density at radius 3 is 2.36 bits per heavy atom.